The van der Waals surface area contributed by atoms with E-state index in [0.717, 1.165) is 22.5 Å². The predicted molar refractivity (Wildman–Crippen MR) is 89.0 cm³/mol. The largest absolute Gasteiger partial charge is 0.464 e. The van der Waals surface area contributed by atoms with Crippen molar-refractivity contribution < 1.29 is 9.21 Å². The highest BCUT2D eigenvalue weighted by Gasteiger charge is 2.08. The molecule has 1 N–H and O–H groups in total. The Balaban J connectivity index is 1.69. The van der Waals surface area contributed by atoms with E-state index in [4.69, 9.17) is 4.42 Å². The van der Waals surface area contributed by atoms with Crippen molar-refractivity contribution in [3.8, 4) is 11.3 Å². The minimum absolute atomic E-state index is 0.0866. The number of carbonyl (C=O) groups is 1. The summed E-state index contributed by atoms with van der Waals surface area (Å²) in [6.45, 7) is 4.46. The van der Waals surface area contributed by atoms with Crippen LogP contribution >= 0.6 is 0 Å². The van der Waals surface area contributed by atoms with E-state index >= 15 is 0 Å². The third-order valence-corrected chi connectivity index (χ3v) is 3.82. The van der Waals surface area contributed by atoms with E-state index in [0.29, 0.717) is 12.1 Å². The van der Waals surface area contributed by atoms with Gasteiger partial charge in [0.05, 0.1) is 6.26 Å². The third-order valence-electron chi connectivity index (χ3n) is 3.82. The van der Waals surface area contributed by atoms with Crippen LogP contribution in [0.25, 0.3) is 11.3 Å². The average molecular weight is 306 g/mol. The Morgan fingerprint density at radius 3 is 2.74 bits per heavy atom. The number of nitrogens with zero attached hydrogens (tertiary/aromatic N) is 1. The van der Waals surface area contributed by atoms with Crippen LogP contribution in [0.15, 0.2) is 59.5 Å². The van der Waals surface area contributed by atoms with Crippen LogP contribution in [0.1, 0.15) is 27.0 Å². The van der Waals surface area contributed by atoms with E-state index in [2.05, 4.69) is 10.3 Å². The SMILES string of the molecule is Cc1ccc(C(=O)NCc2cncc(-c3ccco3)c2)cc1C. The lowest BCUT2D eigenvalue weighted by atomic mass is 10.1. The molecule has 0 aliphatic rings. The number of hydrogen-bond donors (Lipinski definition) is 1. The Kier molecular flexibility index (Phi) is 4.24. The molecule has 3 rings (SSSR count). The number of furan rings is 1. The van der Waals surface area contributed by atoms with E-state index in [1.165, 1.54) is 5.56 Å². The summed E-state index contributed by atoms with van der Waals surface area (Å²) in [5, 5.41) is 2.92. The first kappa shape index (κ1) is 15.0. The van der Waals surface area contributed by atoms with Crippen LogP contribution in [0.5, 0.6) is 0 Å². The summed E-state index contributed by atoms with van der Waals surface area (Å²) in [6, 6.07) is 11.4. The first-order valence-corrected chi connectivity index (χ1v) is 7.47. The summed E-state index contributed by atoms with van der Waals surface area (Å²) in [5.41, 5.74) is 4.78. The van der Waals surface area contributed by atoms with Crippen molar-refractivity contribution in [2.45, 2.75) is 20.4 Å². The van der Waals surface area contributed by atoms with Crippen molar-refractivity contribution in [2.24, 2.45) is 0 Å². The number of amides is 1. The summed E-state index contributed by atoms with van der Waals surface area (Å²) >= 11 is 0. The molecule has 4 heteroatoms. The second-order valence-corrected chi connectivity index (χ2v) is 5.54. The maximum atomic E-state index is 12.2. The first-order chi connectivity index (χ1) is 11.1. The molecular formula is C19H18N2O2. The van der Waals surface area contributed by atoms with Crippen molar-refractivity contribution >= 4 is 5.91 Å². The van der Waals surface area contributed by atoms with Gasteiger partial charge in [0, 0.05) is 30.1 Å². The number of aromatic nitrogens is 1. The zero-order valence-electron chi connectivity index (χ0n) is 13.2. The van der Waals surface area contributed by atoms with E-state index in [1.54, 1.807) is 18.7 Å². The van der Waals surface area contributed by atoms with Crippen molar-refractivity contribution in [3.63, 3.8) is 0 Å². The summed E-state index contributed by atoms with van der Waals surface area (Å²) < 4.78 is 5.37. The molecule has 2 aromatic heterocycles. The highest BCUT2D eigenvalue weighted by molar-refractivity contribution is 5.94. The number of pyridine rings is 1. The Labute approximate surface area is 135 Å². The predicted octanol–water partition coefficient (Wildman–Crippen LogP) is 3.89. The monoisotopic (exact) mass is 306 g/mol. The Morgan fingerprint density at radius 2 is 2.00 bits per heavy atom. The lowest BCUT2D eigenvalue weighted by Gasteiger charge is -2.08. The second kappa shape index (κ2) is 6.48. The van der Waals surface area contributed by atoms with Crippen molar-refractivity contribution in [3.05, 3.63) is 77.3 Å². The fourth-order valence-electron chi connectivity index (χ4n) is 2.33. The maximum absolute atomic E-state index is 12.2. The minimum Gasteiger partial charge on any atom is -0.464 e. The van der Waals surface area contributed by atoms with Gasteiger partial charge in [-0.2, -0.15) is 0 Å². The molecule has 4 nitrogen and oxygen atoms in total. The summed E-state index contributed by atoms with van der Waals surface area (Å²) in [4.78, 5) is 16.5. The third kappa shape index (κ3) is 3.48. The number of aryl methyl sites for hydroxylation is 2. The molecule has 0 aliphatic carbocycles. The van der Waals surface area contributed by atoms with Gasteiger partial charge in [0.15, 0.2) is 0 Å². The fraction of sp³-hybridized carbons (Fsp3) is 0.158. The molecule has 3 aromatic rings. The number of nitrogens with one attached hydrogen (secondary N) is 1. The fourth-order valence-corrected chi connectivity index (χ4v) is 2.33. The molecule has 0 atom stereocenters. The molecule has 0 saturated carbocycles. The van der Waals surface area contributed by atoms with Crippen LogP contribution in [-0.4, -0.2) is 10.9 Å². The number of benzene rings is 1. The lowest BCUT2D eigenvalue weighted by molar-refractivity contribution is 0.0951. The van der Waals surface area contributed by atoms with E-state index in [-0.39, 0.29) is 5.91 Å². The van der Waals surface area contributed by atoms with Crippen LogP contribution in [0.4, 0.5) is 0 Å². The van der Waals surface area contributed by atoms with E-state index in [1.807, 2.05) is 50.2 Å². The number of carbonyl (C=O) groups excluding carboxylic acids is 1. The van der Waals surface area contributed by atoms with Gasteiger partial charge in [-0.25, -0.2) is 0 Å². The van der Waals surface area contributed by atoms with E-state index in [9.17, 15) is 4.79 Å². The van der Waals surface area contributed by atoms with Crippen LogP contribution in [-0.2, 0) is 6.54 Å². The zero-order valence-corrected chi connectivity index (χ0v) is 13.2. The quantitative estimate of drug-likeness (QED) is 0.795. The molecule has 116 valence electrons. The molecule has 0 unspecified atom stereocenters. The van der Waals surface area contributed by atoms with Gasteiger partial charge in [0.1, 0.15) is 5.76 Å². The minimum atomic E-state index is -0.0866. The molecule has 0 spiro atoms. The van der Waals surface area contributed by atoms with Gasteiger partial charge in [-0.05, 0) is 60.9 Å². The Bertz CT molecular complexity index is 823. The highest BCUT2D eigenvalue weighted by atomic mass is 16.3. The lowest BCUT2D eigenvalue weighted by Crippen LogP contribution is -2.23. The highest BCUT2D eigenvalue weighted by Crippen LogP contribution is 2.19. The van der Waals surface area contributed by atoms with Crippen LogP contribution in [0.2, 0.25) is 0 Å². The molecule has 1 amide bonds. The number of hydrogen-bond acceptors (Lipinski definition) is 3. The van der Waals surface area contributed by atoms with Gasteiger partial charge >= 0.3 is 0 Å². The van der Waals surface area contributed by atoms with Gasteiger partial charge < -0.3 is 9.73 Å². The molecule has 0 aliphatic heterocycles. The second-order valence-electron chi connectivity index (χ2n) is 5.54. The van der Waals surface area contributed by atoms with Gasteiger partial charge in [0.2, 0.25) is 0 Å². The number of rotatable bonds is 4. The molecule has 0 radical (unpaired) electrons. The van der Waals surface area contributed by atoms with Gasteiger partial charge in [-0.15, -0.1) is 0 Å². The van der Waals surface area contributed by atoms with Crippen molar-refractivity contribution in [2.75, 3.05) is 0 Å². The van der Waals surface area contributed by atoms with Crippen molar-refractivity contribution in [1.29, 1.82) is 0 Å². The zero-order chi connectivity index (χ0) is 16.2. The van der Waals surface area contributed by atoms with E-state index < -0.39 is 0 Å². The molecule has 1 aromatic carbocycles. The molecule has 0 fully saturated rings. The summed E-state index contributed by atoms with van der Waals surface area (Å²) in [7, 11) is 0. The Morgan fingerprint density at radius 1 is 1.13 bits per heavy atom. The molecule has 0 bridgehead atoms. The van der Waals surface area contributed by atoms with Gasteiger partial charge in [0.25, 0.3) is 5.91 Å². The van der Waals surface area contributed by atoms with Gasteiger partial charge in [-0.1, -0.05) is 6.07 Å². The molecule has 0 saturated heterocycles. The molecular weight excluding hydrogens is 288 g/mol. The average Bonchev–Trinajstić information content (AvgIpc) is 3.10. The smallest absolute Gasteiger partial charge is 0.251 e. The first-order valence-electron chi connectivity index (χ1n) is 7.47. The molecule has 2 heterocycles. The van der Waals surface area contributed by atoms with Gasteiger partial charge in [-0.3, -0.25) is 9.78 Å². The topological polar surface area (TPSA) is 55.1 Å². The van der Waals surface area contributed by atoms with Crippen LogP contribution in [0.3, 0.4) is 0 Å². The Hall–Kier alpha value is -2.88. The summed E-state index contributed by atoms with van der Waals surface area (Å²) in [6.07, 6.45) is 5.12. The summed E-state index contributed by atoms with van der Waals surface area (Å²) in [5.74, 6) is 0.677. The molecule has 23 heavy (non-hydrogen) atoms. The normalized spacial score (nSPS) is 10.5. The van der Waals surface area contributed by atoms with Crippen molar-refractivity contribution in [1.82, 2.24) is 10.3 Å². The van der Waals surface area contributed by atoms with Crippen LogP contribution in [0, 0.1) is 13.8 Å². The standard InChI is InChI=1S/C19H18N2O2/c1-13-5-6-16(8-14(13)2)19(22)21-11-15-9-17(12-20-10-15)18-4-3-7-23-18/h3-10,12H,11H2,1-2H3,(H,21,22). The van der Waals surface area contributed by atoms with Crippen LogP contribution < -0.4 is 5.32 Å². The maximum Gasteiger partial charge on any atom is 0.251 e.